The van der Waals surface area contributed by atoms with Gasteiger partial charge in [-0.05, 0) is 54.4 Å². The highest BCUT2D eigenvalue weighted by atomic mass is 35.5. The van der Waals surface area contributed by atoms with Crippen LogP contribution in [-0.2, 0) is 11.4 Å². The van der Waals surface area contributed by atoms with E-state index < -0.39 is 0 Å². The third-order valence-electron chi connectivity index (χ3n) is 7.04. The lowest BCUT2D eigenvalue weighted by Crippen LogP contribution is -2.40. The van der Waals surface area contributed by atoms with Crippen LogP contribution in [-0.4, -0.2) is 27.0 Å². The summed E-state index contributed by atoms with van der Waals surface area (Å²) in [6, 6.07) is 25.7. The van der Waals surface area contributed by atoms with Crippen LogP contribution in [0.3, 0.4) is 0 Å². The van der Waals surface area contributed by atoms with Gasteiger partial charge in [0.15, 0.2) is 5.17 Å². The number of thioether (sulfide) groups is 1. The number of para-hydroxylation sites is 1. The summed E-state index contributed by atoms with van der Waals surface area (Å²) in [4.78, 5) is 26.1. The van der Waals surface area contributed by atoms with Crippen LogP contribution in [0.2, 0.25) is 5.02 Å². The SMILES string of the molecule is O=C1/C(=C/c2ccccc2OCc2ccc(Cl)cc2)S/C(=N/c2nc(-c3ccccc3)cs2)N1C1CCCCC1. The van der Waals surface area contributed by atoms with Gasteiger partial charge in [0.2, 0.25) is 5.13 Å². The molecule has 1 saturated carbocycles. The second-order valence-electron chi connectivity index (χ2n) is 9.81. The molecule has 5 nitrogen and oxygen atoms in total. The van der Waals surface area contributed by atoms with Crippen molar-refractivity contribution in [3.05, 3.63) is 105 Å². The lowest BCUT2D eigenvalue weighted by atomic mass is 9.94. The second-order valence-corrected chi connectivity index (χ2v) is 12.1. The molecule has 3 aromatic carbocycles. The number of carbonyl (C=O) groups excluding carboxylic acids is 1. The molecule has 1 aliphatic heterocycles. The van der Waals surface area contributed by atoms with Crippen LogP contribution in [0.25, 0.3) is 17.3 Å². The van der Waals surface area contributed by atoms with E-state index in [9.17, 15) is 4.79 Å². The van der Waals surface area contributed by atoms with E-state index in [1.165, 1.54) is 29.5 Å². The van der Waals surface area contributed by atoms with E-state index in [4.69, 9.17) is 26.3 Å². The number of aromatic nitrogens is 1. The first-order valence-corrected chi connectivity index (χ1v) is 15.5. The number of rotatable bonds is 7. The number of hydrogen-bond acceptors (Lipinski definition) is 6. The minimum absolute atomic E-state index is 0.00277. The van der Waals surface area contributed by atoms with Gasteiger partial charge in [-0.1, -0.05) is 91.5 Å². The number of benzene rings is 3. The van der Waals surface area contributed by atoms with Gasteiger partial charge in [0, 0.05) is 27.6 Å². The zero-order valence-corrected chi connectivity index (χ0v) is 24.2. The summed E-state index contributed by atoms with van der Waals surface area (Å²) in [7, 11) is 0. The highest BCUT2D eigenvalue weighted by Crippen LogP contribution is 2.40. The normalized spacial score (nSPS) is 18.1. The lowest BCUT2D eigenvalue weighted by molar-refractivity contribution is -0.124. The number of aliphatic imine (C=N–C) groups is 1. The number of ether oxygens (including phenoxy) is 1. The van der Waals surface area contributed by atoms with E-state index in [1.807, 2.05) is 95.2 Å². The first-order valence-electron chi connectivity index (χ1n) is 13.4. The summed E-state index contributed by atoms with van der Waals surface area (Å²) in [5.74, 6) is 0.725. The van der Waals surface area contributed by atoms with E-state index in [0.29, 0.717) is 26.8 Å². The molecule has 1 saturated heterocycles. The topological polar surface area (TPSA) is 54.8 Å². The lowest BCUT2D eigenvalue weighted by Gasteiger charge is -2.30. The second kappa shape index (κ2) is 12.4. The molecular weight excluding hydrogens is 558 g/mol. The largest absolute Gasteiger partial charge is 0.488 e. The van der Waals surface area contributed by atoms with Crippen molar-refractivity contribution < 1.29 is 9.53 Å². The first-order chi connectivity index (χ1) is 19.6. The van der Waals surface area contributed by atoms with E-state index in [-0.39, 0.29) is 11.9 Å². The van der Waals surface area contributed by atoms with E-state index >= 15 is 0 Å². The average Bonchev–Trinajstić information content (AvgIpc) is 3.58. The Bertz CT molecular complexity index is 1540. The Morgan fingerprint density at radius 1 is 0.975 bits per heavy atom. The first kappa shape index (κ1) is 26.8. The Hall–Kier alpha value is -3.39. The number of thiazole rings is 1. The molecule has 2 fully saturated rings. The molecule has 0 spiro atoms. The number of amides is 1. The molecule has 0 radical (unpaired) electrons. The molecule has 40 heavy (non-hydrogen) atoms. The Morgan fingerprint density at radius 2 is 1.73 bits per heavy atom. The predicted molar refractivity (Wildman–Crippen MR) is 166 cm³/mol. The zero-order chi connectivity index (χ0) is 27.3. The van der Waals surface area contributed by atoms with E-state index in [1.54, 1.807) is 0 Å². The maximum Gasteiger partial charge on any atom is 0.267 e. The van der Waals surface area contributed by atoms with Crippen LogP contribution >= 0.6 is 34.7 Å². The predicted octanol–water partition coefficient (Wildman–Crippen LogP) is 8.98. The highest BCUT2D eigenvalue weighted by molar-refractivity contribution is 8.18. The third-order valence-corrected chi connectivity index (χ3v) is 9.01. The zero-order valence-electron chi connectivity index (χ0n) is 21.8. The molecule has 1 aliphatic carbocycles. The molecule has 2 heterocycles. The molecule has 1 aromatic heterocycles. The van der Waals surface area contributed by atoms with Crippen molar-refractivity contribution in [2.75, 3.05) is 0 Å². The summed E-state index contributed by atoms with van der Waals surface area (Å²) in [6.07, 6.45) is 7.38. The van der Waals surface area contributed by atoms with Gasteiger partial charge in [-0.15, -0.1) is 11.3 Å². The molecule has 8 heteroatoms. The van der Waals surface area contributed by atoms with Crippen molar-refractivity contribution in [2.24, 2.45) is 4.99 Å². The monoisotopic (exact) mass is 585 g/mol. The Balaban J connectivity index is 1.28. The van der Waals surface area contributed by atoms with Crippen molar-refractivity contribution in [1.82, 2.24) is 9.88 Å². The molecule has 0 N–H and O–H groups in total. The van der Waals surface area contributed by atoms with Crippen LogP contribution in [0.5, 0.6) is 5.75 Å². The van der Waals surface area contributed by atoms with Crippen molar-refractivity contribution in [3.63, 3.8) is 0 Å². The maximum atomic E-state index is 13.8. The van der Waals surface area contributed by atoms with Crippen LogP contribution in [0.1, 0.15) is 43.2 Å². The molecule has 6 rings (SSSR count). The molecule has 202 valence electrons. The average molecular weight is 586 g/mol. The fraction of sp³-hybridized carbons (Fsp3) is 0.219. The third kappa shape index (κ3) is 6.17. The van der Waals surface area contributed by atoms with Crippen molar-refractivity contribution >= 4 is 57.0 Å². The Kier molecular flexibility index (Phi) is 8.32. The van der Waals surface area contributed by atoms with E-state index in [0.717, 1.165) is 53.8 Å². The maximum absolute atomic E-state index is 13.8. The fourth-order valence-electron chi connectivity index (χ4n) is 4.98. The number of hydrogen-bond donors (Lipinski definition) is 0. The van der Waals surface area contributed by atoms with Gasteiger partial charge in [0.05, 0.1) is 10.6 Å². The summed E-state index contributed by atoms with van der Waals surface area (Å²) >= 11 is 8.94. The van der Waals surface area contributed by atoms with Crippen molar-refractivity contribution in [2.45, 2.75) is 44.8 Å². The highest BCUT2D eigenvalue weighted by Gasteiger charge is 2.39. The quantitative estimate of drug-likeness (QED) is 0.203. The Morgan fingerprint density at radius 3 is 2.52 bits per heavy atom. The molecule has 2 aliphatic rings. The number of amidine groups is 1. The molecule has 1 amide bonds. The summed E-state index contributed by atoms with van der Waals surface area (Å²) < 4.78 is 6.16. The molecule has 0 bridgehead atoms. The Labute approximate surface area is 247 Å². The smallest absolute Gasteiger partial charge is 0.267 e. The standard InChI is InChI=1S/C32H28ClN3O2S2/c33-25-17-15-22(16-18-25)20-38-28-14-8-7-11-24(28)19-29-30(37)36(26-12-5-2-6-13-26)32(40-29)35-31-34-27(21-39-31)23-9-3-1-4-10-23/h1,3-4,7-11,14-19,21,26H,2,5-6,12-13,20H2/b29-19-,35-32+. The molecule has 0 atom stereocenters. The van der Waals surface area contributed by atoms with E-state index in [2.05, 4.69) is 0 Å². The minimum Gasteiger partial charge on any atom is -0.488 e. The number of halogens is 1. The number of nitrogens with zero attached hydrogens (tertiary/aromatic N) is 3. The van der Waals surface area contributed by atoms with Crippen LogP contribution in [0, 0.1) is 0 Å². The van der Waals surface area contributed by atoms with Crippen LogP contribution < -0.4 is 4.74 Å². The van der Waals surface area contributed by atoms with Gasteiger partial charge in [-0.3, -0.25) is 9.69 Å². The van der Waals surface area contributed by atoms with Gasteiger partial charge >= 0.3 is 0 Å². The van der Waals surface area contributed by atoms with Crippen molar-refractivity contribution in [1.29, 1.82) is 0 Å². The summed E-state index contributed by atoms with van der Waals surface area (Å²) in [6.45, 7) is 0.410. The van der Waals surface area contributed by atoms with Gasteiger partial charge in [0.1, 0.15) is 12.4 Å². The fourth-order valence-corrected chi connectivity index (χ4v) is 6.89. The van der Waals surface area contributed by atoms with Crippen molar-refractivity contribution in [3.8, 4) is 17.0 Å². The number of carbonyl (C=O) groups is 1. The molecule has 4 aromatic rings. The minimum atomic E-state index is 0.00277. The van der Waals surface area contributed by atoms with Gasteiger partial charge in [-0.2, -0.15) is 4.99 Å². The summed E-state index contributed by atoms with van der Waals surface area (Å²) in [5.41, 5.74) is 3.83. The van der Waals surface area contributed by atoms with Gasteiger partial charge in [0.25, 0.3) is 5.91 Å². The summed E-state index contributed by atoms with van der Waals surface area (Å²) in [5, 5.41) is 4.07. The van der Waals surface area contributed by atoms with Gasteiger partial charge < -0.3 is 4.74 Å². The van der Waals surface area contributed by atoms with Crippen LogP contribution in [0.4, 0.5) is 5.13 Å². The molecular formula is C32H28ClN3O2S2. The van der Waals surface area contributed by atoms with Gasteiger partial charge in [-0.25, -0.2) is 4.98 Å². The molecule has 0 unspecified atom stereocenters. The van der Waals surface area contributed by atoms with Crippen LogP contribution in [0.15, 0.2) is 94.1 Å².